The normalized spacial score (nSPS) is 14.4. The van der Waals surface area contributed by atoms with Crippen molar-refractivity contribution >= 4 is 34.1 Å². The third kappa shape index (κ3) is 4.82. The maximum absolute atomic E-state index is 12.8. The second-order valence-electron chi connectivity index (χ2n) is 7.30. The van der Waals surface area contributed by atoms with E-state index in [1.165, 1.54) is 0 Å². The van der Waals surface area contributed by atoms with Gasteiger partial charge in [-0.2, -0.15) is 0 Å². The van der Waals surface area contributed by atoms with E-state index < -0.39 is 0 Å². The summed E-state index contributed by atoms with van der Waals surface area (Å²) < 4.78 is 5.30. The molecule has 0 unspecified atom stereocenters. The van der Waals surface area contributed by atoms with Gasteiger partial charge in [0.2, 0.25) is 5.91 Å². The Balaban J connectivity index is 1.40. The first-order valence-electron chi connectivity index (χ1n) is 9.96. The number of nitrogens with zero attached hydrogens (tertiary/aromatic N) is 2. The molecule has 1 fully saturated rings. The van der Waals surface area contributed by atoms with Crippen LogP contribution in [-0.2, 0) is 9.53 Å². The van der Waals surface area contributed by atoms with E-state index in [2.05, 4.69) is 20.5 Å². The molecule has 7 nitrogen and oxygen atoms in total. The number of aromatic nitrogens is 1. The lowest BCUT2D eigenvalue weighted by Crippen LogP contribution is -2.41. The molecule has 1 aliphatic heterocycles. The third-order valence-corrected chi connectivity index (χ3v) is 4.99. The largest absolute Gasteiger partial charge is 0.379 e. The van der Waals surface area contributed by atoms with Crippen molar-refractivity contribution < 1.29 is 14.3 Å². The molecule has 0 spiro atoms. The molecule has 0 bridgehead atoms. The van der Waals surface area contributed by atoms with Crippen LogP contribution in [0, 0.1) is 6.92 Å². The molecular formula is C23H24N4O3. The fraction of sp³-hybridized carbons (Fsp3) is 0.261. The van der Waals surface area contributed by atoms with Crippen LogP contribution in [0.2, 0.25) is 0 Å². The number of hydrogen-bond donors (Lipinski definition) is 2. The molecule has 2 N–H and O–H groups in total. The Bertz CT molecular complexity index is 1060. The summed E-state index contributed by atoms with van der Waals surface area (Å²) in [5.41, 5.74) is 3.51. The minimum atomic E-state index is -0.194. The lowest BCUT2D eigenvalue weighted by molar-refractivity contribution is -0.118. The Morgan fingerprint density at radius 2 is 1.67 bits per heavy atom. The van der Waals surface area contributed by atoms with E-state index in [9.17, 15) is 9.59 Å². The van der Waals surface area contributed by atoms with Gasteiger partial charge >= 0.3 is 0 Å². The quantitative estimate of drug-likeness (QED) is 0.683. The fourth-order valence-electron chi connectivity index (χ4n) is 3.49. The number of ether oxygens (including phenoxy) is 1. The van der Waals surface area contributed by atoms with Crippen LogP contribution >= 0.6 is 0 Å². The van der Waals surface area contributed by atoms with Crippen LogP contribution in [-0.4, -0.2) is 54.5 Å². The van der Waals surface area contributed by atoms with Crippen LogP contribution in [0.5, 0.6) is 0 Å². The van der Waals surface area contributed by atoms with Crippen molar-refractivity contribution in [1.29, 1.82) is 0 Å². The summed E-state index contributed by atoms with van der Waals surface area (Å²) in [5.74, 6) is -0.256. The van der Waals surface area contributed by atoms with E-state index in [-0.39, 0.29) is 11.8 Å². The van der Waals surface area contributed by atoms with Gasteiger partial charge in [0.1, 0.15) is 0 Å². The van der Waals surface area contributed by atoms with Crippen LogP contribution in [0.25, 0.3) is 10.9 Å². The molecule has 0 aliphatic carbocycles. The smallest absolute Gasteiger partial charge is 0.256 e. The highest BCUT2D eigenvalue weighted by Gasteiger charge is 2.15. The molecule has 0 saturated carbocycles. The van der Waals surface area contributed by atoms with Gasteiger partial charge in [-0.15, -0.1) is 0 Å². The number of amides is 2. The van der Waals surface area contributed by atoms with Crippen molar-refractivity contribution in [2.24, 2.45) is 0 Å². The Morgan fingerprint density at radius 1 is 1.00 bits per heavy atom. The van der Waals surface area contributed by atoms with Crippen molar-refractivity contribution in [3.8, 4) is 0 Å². The molecule has 2 heterocycles. The molecule has 1 aromatic heterocycles. The summed E-state index contributed by atoms with van der Waals surface area (Å²) >= 11 is 0. The molecule has 0 radical (unpaired) electrons. The van der Waals surface area contributed by atoms with Crippen molar-refractivity contribution in [2.45, 2.75) is 6.92 Å². The number of hydrogen-bond acceptors (Lipinski definition) is 5. The summed E-state index contributed by atoms with van der Waals surface area (Å²) in [6.45, 7) is 5.07. The van der Waals surface area contributed by atoms with Gasteiger partial charge in [-0.25, -0.2) is 0 Å². The zero-order valence-electron chi connectivity index (χ0n) is 16.9. The summed E-state index contributed by atoms with van der Waals surface area (Å²) in [7, 11) is 0. The van der Waals surface area contributed by atoms with E-state index in [0.717, 1.165) is 29.7 Å². The number of carbonyl (C=O) groups is 2. The molecule has 3 aromatic rings. The Hall–Kier alpha value is -3.29. The van der Waals surface area contributed by atoms with Gasteiger partial charge in [0.05, 0.1) is 30.8 Å². The molecule has 7 heteroatoms. The zero-order chi connectivity index (χ0) is 20.9. The summed E-state index contributed by atoms with van der Waals surface area (Å²) in [6.07, 6.45) is 0. The van der Waals surface area contributed by atoms with Crippen molar-refractivity contribution in [1.82, 2.24) is 9.88 Å². The van der Waals surface area contributed by atoms with Crippen LogP contribution in [0.4, 0.5) is 11.4 Å². The lowest BCUT2D eigenvalue weighted by atomic mass is 10.1. The number of benzene rings is 2. The van der Waals surface area contributed by atoms with Gasteiger partial charge in [0.25, 0.3) is 5.91 Å². The molecule has 1 saturated heterocycles. The first-order chi connectivity index (χ1) is 14.6. The number of aryl methyl sites for hydroxylation is 1. The van der Waals surface area contributed by atoms with Crippen LogP contribution in [0.3, 0.4) is 0 Å². The summed E-state index contributed by atoms with van der Waals surface area (Å²) in [6, 6.07) is 16.5. The van der Waals surface area contributed by atoms with E-state index >= 15 is 0 Å². The van der Waals surface area contributed by atoms with Crippen molar-refractivity contribution in [2.75, 3.05) is 43.5 Å². The molecule has 30 heavy (non-hydrogen) atoms. The number of fused-ring (bicyclic) bond motifs is 1. The predicted octanol–water partition coefficient (Wildman–Crippen LogP) is 3.07. The Morgan fingerprint density at radius 3 is 2.40 bits per heavy atom. The highest BCUT2D eigenvalue weighted by Crippen LogP contribution is 2.20. The molecule has 1 aliphatic rings. The molecular weight excluding hydrogens is 380 g/mol. The highest BCUT2D eigenvalue weighted by atomic mass is 16.5. The number of pyridine rings is 1. The van der Waals surface area contributed by atoms with Crippen LogP contribution in [0.15, 0.2) is 54.6 Å². The second kappa shape index (κ2) is 9.02. The Kier molecular flexibility index (Phi) is 6.02. The van der Waals surface area contributed by atoms with E-state index in [0.29, 0.717) is 36.7 Å². The van der Waals surface area contributed by atoms with Gasteiger partial charge in [-0.1, -0.05) is 18.2 Å². The van der Waals surface area contributed by atoms with Gasteiger partial charge in [0.15, 0.2) is 0 Å². The topological polar surface area (TPSA) is 83.6 Å². The first-order valence-corrected chi connectivity index (χ1v) is 9.96. The highest BCUT2D eigenvalue weighted by molar-refractivity contribution is 6.12. The van der Waals surface area contributed by atoms with E-state index in [4.69, 9.17) is 4.74 Å². The number of nitrogens with one attached hydrogen (secondary N) is 2. The predicted molar refractivity (Wildman–Crippen MR) is 117 cm³/mol. The Labute approximate surface area is 175 Å². The van der Waals surface area contributed by atoms with Gasteiger partial charge in [-0.05, 0) is 43.3 Å². The summed E-state index contributed by atoms with van der Waals surface area (Å²) in [5, 5.41) is 6.63. The van der Waals surface area contributed by atoms with Gasteiger partial charge < -0.3 is 15.4 Å². The van der Waals surface area contributed by atoms with Crippen LogP contribution < -0.4 is 10.6 Å². The summed E-state index contributed by atoms with van der Waals surface area (Å²) in [4.78, 5) is 31.6. The molecule has 154 valence electrons. The fourth-order valence-corrected chi connectivity index (χ4v) is 3.49. The standard InChI is InChI=1S/C23H24N4O3/c1-16-14-20(19-4-2-3-5-21(19)24-16)23(29)26-18-8-6-17(7-9-18)25-22(28)15-27-10-12-30-13-11-27/h2-9,14H,10-13,15H2,1H3,(H,25,28)(H,26,29). The van der Waals surface area contributed by atoms with Gasteiger partial charge in [-0.3, -0.25) is 19.5 Å². The maximum atomic E-state index is 12.8. The second-order valence-corrected chi connectivity index (χ2v) is 7.30. The molecule has 2 amide bonds. The molecule has 2 aromatic carbocycles. The van der Waals surface area contributed by atoms with Crippen LogP contribution in [0.1, 0.15) is 16.1 Å². The molecule has 4 rings (SSSR count). The lowest BCUT2D eigenvalue weighted by Gasteiger charge is -2.25. The third-order valence-electron chi connectivity index (χ3n) is 4.99. The van der Waals surface area contributed by atoms with Crippen molar-refractivity contribution in [3.05, 3.63) is 65.9 Å². The number of anilines is 2. The number of morpholine rings is 1. The number of rotatable bonds is 5. The SMILES string of the molecule is Cc1cc(C(=O)Nc2ccc(NC(=O)CN3CCOCC3)cc2)c2ccccc2n1. The average molecular weight is 404 g/mol. The minimum Gasteiger partial charge on any atom is -0.379 e. The van der Waals surface area contributed by atoms with E-state index in [1.807, 2.05) is 31.2 Å². The average Bonchev–Trinajstić information content (AvgIpc) is 2.75. The first kappa shape index (κ1) is 20.0. The van der Waals surface area contributed by atoms with Gasteiger partial charge in [0, 0.05) is 35.5 Å². The number of carbonyl (C=O) groups excluding carboxylic acids is 2. The molecule has 0 atom stereocenters. The van der Waals surface area contributed by atoms with E-state index in [1.54, 1.807) is 30.3 Å². The monoisotopic (exact) mass is 404 g/mol. The number of para-hydroxylation sites is 1. The van der Waals surface area contributed by atoms with Crippen molar-refractivity contribution in [3.63, 3.8) is 0 Å². The zero-order valence-corrected chi connectivity index (χ0v) is 16.9. The maximum Gasteiger partial charge on any atom is 0.256 e. The minimum absolute atomic E-state index is 0.0626.